The van der Waals surface area contributed by atoms with Crippen LogP contribution in [0.2, 0.25) is 0 Å². The Balaban J connectivity index is 2.11. The van der Waals surface area contributed by atoms with E-state index in [1.54, 1.807) is 19.9 Å². The van der Waals surface area contributed by atoms with Gasteiger partial charge in [-0.05, 0) is 72.0 Å². The Labute approximate surface area is 146 Å². The zero-order valence-corrected chi connectivity index (χ0v) is 15.0. The number of halogens is 1. The molecule has 0 saturated carbocycles. The standard InChI is InChI=1S/C15H14INO4S/c1-9(2)21-13(18)8-17-14(19)12(22-15(17)20)7-10-3-5-11(16)6-4-10/h3-7,9H,8H2,1-2H3/b12-7-. The maximum absolute atomic E-state index is 12.2. The molecular formula is C15H14INO4S. The van der Waals surface area contributed by atoms with E-state index in [1.165, 1.54) is 0 Å². The summed E-state index contributed by atoms with van der Waals surface area (Å²) >= 11 is 3.02. The Kier molecular flexibility index (Phi) is 5.63. The number of carbonyl (C=O) groups is 3. The van der Waals surface area contributed by atoms with Gasteiger partial charge in [-0.2, -0.15) is 0 Å². The average Bonchev–Trinajstić information content (AvgIpc) is 2.68. The minimum Gasteiger partial charge on any atom is -0.462 e. The number of hydrogen-bond donors (Lipinski definition) is 0. The third-order valence-corrected chi connectivity index (χ3v) is 4.32. The molecule has 1 fully saturated rings. The molecule has 0 atom stereocenters. The van der Waals surface area contributed by atoms with Crippen molar-refractivity contribution < 1.29 is 19.1 Å². The topological polar surface area (TPSA) is 63.7 Å². The van der Waals surface area contributed by atoms with Crippen molar-refractivity contribution in [2.24, 2.45) is 0 Å². The SMILES string of the molecule is CC(C)OC(=O)CN1C(=O)S/C(=C\c2ccc(I)cc2)C1=O. The maximum atomic E-state index is 12.2. The fraction of sp³-hybridized carbons (Fsp3) is 0.267. The van der Waals surface area contributed by atoms with Crippen LogP contribution in [0.4, 0.5) is 4.79 Å². The summed E-state index contributed by atoms with van der Waals surface area (Å²) in [5.74, 6) is -1.05. The molecule has 1 aliphatic heterocycles. The predicted molar refractivity (Wildman–Crippen MR) is 93.1 cm³/mol. The van der Waals surface area contributed by atoms with E-state index in [4.69, 9.17) is 4.74 Å². The zero-order valence-electron chi connectivity index (χ0n) is 12.0. The molecule has 116 valence electrons. The van der Waals surface area contributed by atoms with Crippen molar-refractivity contribution in [3.63, 3.8) is 0 Å². The van der Waals surface area contributed by atoms with Crippen LogP contribution in [0.25, 0.3) is 6.08 Å². The molecule has 0 radical (unpaired) electrons. The highest BCUT2D eigenvalue weighted by Gasteiger charge is 2.36. The molecule has 1 aromatic rings. The van der Waals surface area contributed by atoms with Crippen molar-refractivity contribution in [1.82, 2.24) is 4.90 Å². The molecule has 1 aliphatic rings. The number of ether oxygens (including phenoxy) is 1. The van der Waals surface area contributed by atoms with Crippen molar-refractivity contribution in [2.45, 2.75) is 20.0 Å². The molecular weight excluding hydrogens is 417 g/mol. The molecule has 0 aromatic heterocycles. The Hall–Kier alpha value is -1.35. The van der Waals surface area contributed by atoms with Crippen LogP contribution >= 0.6 is 34.4 Å². The quantitative estimate of drug-likeness (QED) is 0.416. The normalized spacial score (nSPS) is 16.7. The van der Waals surface area contributed by atoms with Crippen molar-refractivity contribution >= 4 is 57.5 Å². The number of nitrogens with zero attached hydrogens (tertiary/aromatic N) is 1. The summed E-state index contributed by atoms with van der Waals surface area (Å²) in [5, 5.41) is -0.456. The molecule has 22 heavy (non-hydrogen) atoms. The van der Waals surface area contributed by atoms with Gasteiger partial charge < -0.3 is 4.74 Å². The Morgan fingerprint density at radius 3 is 2.55 bits per heavy atom. The molecule has 1 heterocycles. The van der Waals surface area contributed by atoms with E-state index in [1.807, 2.05) is 24.3 Å². The number of esters is 1. The van der Waals surface area contributed by atoms with Gasteiger partial charge in [0.05, 0.1) is 11.0 Å². The third-order valence-electron chi connectivity index (χ3n) is 2.70. The molecule has 5 nitrogen and oxygen atoms in total. The highest BCUT2D eigenvalue weighted by atomic mass is 127. The fourth-order valence-electron chi connectivity index (χ4n) is 1.78. The van der Waals surface area contributed by atoms with E-state index in [-0.39, 0.29) is 12.6 Å². The smallest absolute Gasteiger partial charge is 0.326 e. The first kappa shape index (κ1) is 17.0. The number of hydrogen-bond acceptors (Lipinski definition) is 5. The van der Waals surface area contributed by atoms with Crippen LogP contribution in [0.1, 0.15) is 19.4 Å². The number of imide groups is 1. The first-order chi connectivity index (χ1) is 10.4. The molecule has 1 aromatic carbocycles. The fourth-order valence-corrected chi connectivity index (χ4v) is 2.97. The summed E-state index contributed by atoms with van der Waals surface area (Å²) < 4.78 is 6.04. The number of rotatable bonds is 4. The van der Waals surface area contributed by atoms with Gasteiger partial charge in [0.25, 0.3) is 11.1 Å². The second kappa shape index (κ2) is 7.28. The Morgan fingerprint density at radius 1 is 1.32 bits per heavy atom. The van der Waals surface area contributed by atoms with Gasteiger partial charge in [0.15, 0.2) is 0 Å². The number of benzene rings is 1. The van der Waals surface area contributed by atoms with Gasteiger partial charge in [0.1, 0.15) is 6.54 Å². The van der Waals surface area contributed by atoms with Gasteiger partial charge in [-0.15, -0.1) is 0 Å². The lowest BCUT2D eigenvalue weighted by molar-refractivity contribution is -0.149. The molecule has 1 saturated heterocycles. The lowest BCUT2D eigenvalue weighted by atomic mass is 10.2. The molecule has 2 amide bonds. The van der Waals surface area contributed by atoms with Crippen molar-refractivity contribution in [3.05, 3.63) is 38.3 Å². The third kappa shape index (κ3) is 4.33. The van der Waals surface area contributed by atoms with E-state index in [0.29, 0.717) is 4.91 Å². The van der Waals surface area contributed by atoms with E-state index < -0.39 is 17.1 Å². The van der Waals surface area contributed by atoms with Crippen LogP contribution in [0, 0.1) is 3.57 Å². The number of carbonyl (C=O) groups excluding carboxylic acids is 3. The van der Waals surface area contributed by atoms with E-state index in [0.717, 1.165) is 25.8 Å². The van der Waals surface area contributed by atoms with Crippen LogP contribution in [0.5, 0.6) is 0 Å². The largest absolute Gasteiger partial charge is 0.462 e. The summed E-state index contributed by atoms with van der Waals surface area (Å²) in [5.41, 5.74) is 0.829. The Bertz CT molecular complexity index is 639. The minimum atomic E-state index is -0.590. The van der Waals surface area contributed by atoms with E-state index in [9.17, 15) is 14.4 Å². The van der Waals surface area contributed by atoms with Crippen LogP contribution in [-0.2, 0) is 14.3 Å². The van der Waals surface area contributed by atoms with Gasteiger partial charge >= 0.3 is 5.97 Å². The summed E-state index contributed by atoms with van der Waals surface area (Å²) in [6.45, 7) is 3.07. The number of thioether (sulfide) groups is 1. The van der Waals surface area contributed by atoms with Gasteiger partial charge in [0, 0.05) is 3.57 Å². The molecule has 2 rings (SSSR count). The molecule has 7 heteroatoms. The lowest BCUT2D eigenvalue weighted by Crippen LogP contribution is -2.35. The second-order valence-corrected chi connectivity index (χ2v) is 7.10. The predicted octanol–water partition coefficient (Wildman–Crippen LogP) is 3.28. The van der Waals surface area contributed by atoms with E-state index >= 15 is 0 Å². The van der Waals surface area contributed by atoms with Crippen LogP contribution in [-0.4, -0.2) is 34.7 Å². The second-order valence-electron chi connectivity index (χ2n) is 4.86. The van der Waals surface area contributed by atoms with Crippen molar-refractivity contribution in [3.8, 4) is 0 Å². The van der Waals surface area contributed by atoms with Crippen LogP contribution in [0.15, 0.2) is 29.2 Å². The molecule has 0 bridgehead atoms. The van der Waals surface area contributed by atoms with Gasteiger partial charge in [-0.25, -0.2) is 0 Å². The number of amides is 2. The first-order valence-electron chi connectivity index (χ1n) is 6.57. The lowest BCUT2D eigenvalue weighted by Gasteiger charge is -2.13. The van der Waals surface area contributed by atoms with Crippen LogP contribution < -0.4 is 0 Å². The monoisotopic (exact) mass is 431 g/mol. The minimum absolute atomic E-state index is 0.283. The molecule has 0 N–H and O–H groups in total. The first-order valence-corrected chi connectivity index (χ1v) is 8.47. The molecule has 0 unspecified atom stereocenters. The van der Waals surface area contributed by atoms with Gasteiger partial charge in [0.2, 0.25) is 0 Å². The zero-order chi connectivity index (χ0) is 16.3. The van der Waals surface area contributed by atoms with Gasteiger partial charge in [-0.3, -0.25) is 19.3 Å². The highest BCUT2D eigenvalue weighted by molar-refractivity contribution is 14.1. The maximum Gasteiger partial charge on any atom is 0.326 e. The molecule has 0 aliphatic carbocycles. The molecule has 0 spiro atoms. The summed E-state index contributed by atoms with van der Waals surface area (Å²) in [7, 11) is 0. The summed E-state index contributed by atoms with van der Waals surface area (Å²) in [4.78, 5) is 36.9. The highest BCUT2D eigenvalue weighted by Crippen LogP contribution is 2.32. The van der Waals surface area contributed by atoms with Crippen LogP contribution in [0.3, 0.4) is 0 Å². The van der Waals surface area contributed by atoms with E-state index in [2.05, 4.69) is 22.6 Å². The summed E-state index contributed by atoms with van der Waals surface area (Å²) in [6, 6.07) is 7.55. The van der Waals surface area contributed by atoms with Gasteiger partial charge in [-0.1, -0.05) is 12.1 Å². The average molecular weight is 431 g/mol. The van der Waals surface area contributed by atoms with Crippen molar-refractivity contribution in [2.75, 3.05) is 6.54 Å². The summed E-state index contributed by atoms with van der Waals surface area (Å²) in [6.07, 6.45) is 1.36. The Morgan fingerprint density at radius 2 is 1.95 bits per heavy atom. The van der Waals surface area contributed by atoms with Crippen molar-refractivity contribution in [1.29, 1.82) is 0 Å².